The molecule has 3 aliphatic rings. The van der Waals surface area contributed by atoms with Crippen LogP contribution in [0.1, 0.15) is 80.6 Å². The first-order valence-corrected chi connectivity index (χ1v) is 11.7. The second-order valence-corrected chi connectivity index (χ2v) is 10.3. The van der Waals surface area contributed by atoms with Gasteiger partial charge >= 0.3 is 0 Å². The summed E-state index contributed by atoms with van der Waals surface area (Å²) in [6.07, 6.45) is 5.01. The summed E-state index contributed by atoms with van der Waals surface area (Å²) >= 11 is 0. The fourth-order valence-electron chi connectivity index (χ4n) is 4.22. The lowest BCUT2D eigenvalue weighted by Gasteiger charge is -2.21. The summed E-state index contributed by atoms with van der Waals surface area (Å²) in [6.45, 7) is 18.6. The van der Waals surface area contributed by atoms with Crippen LogP contribution < -0.4 is 5.32 Å². The Labute approximate surface area is 179 Å². The van der Waals surface area contributed by atoms with E-state index in [1.54, 1.807) is 0 Å². The first kappa shape index (κ1) is 26.8. The Balaban J connectivity index is 0.000000218. The van der Waals surface area contributed by atoms with E-state index < -0.39 is 5.60 Å². The minimum absolute atomic E-state index is 0.0626. The molecule has 1 saturated carbocycles. The normalized spacial score (nSPS) is 33.2. The van der Waals surface area contributed by atoms with E-state index in [0.717, 1.165) is 51.9 Å². The highest BCUT2D eigenvalue weighted by atomic mass is 16.3. The van der Waals surface area contributed by atoms with Gasteiger partial charge in [-0.1, -0.05) is 13.8 Å². The van der Waals surface area contributed by atoms with Crippen LogP contribution in [-0.2, 0) is 0 Å². The molecule has 0 spiro atoms. The van der Waals surface area contributed by atoms with E-state index in [1.165, 1.54) is 6.42 Å². The average Bonchev–Trinajstić information content (AvgIpc) is 3.30. The third kappa shape index (κ3) is 10.6. The maximum atomic E-state index is 9.57. The largest absolute Gasteiger partial charge is 0.392 e. The summed E-state index contributed by atoms with van der Waals surface area (Å²) in [4.78, 5) is 4.60. The van der Waals surface area contributed by atoms with Crippen molar-refractivity contribution >= 4 is 0 Å². The van der Waals surface area contributed by atoms with Gasteiger partial charge in [0.05, 0.1) is 17.8 Å². The number of nitrogens with zero attached hydrogens (tertiary/aromatic N) is 2. The Kier molecular flexibility index (Phi) is 11.6. The molecule has 0 amide bonds. The van der Waals surface area contributed by atoms with Crippen molar-refractivity contribution in [2.75, 3.05) is 26.2 Å². The van der Waals surface area contributed by atoms with Crippen molar-refractivity contribution < 1.29 is 15.3 Å². The second-order valence-electron chi connectivity index (χ2n) is 10.3. The molecule has 0 aromatic rings. The summed E-state index contributed by atoms with van der Waals surface area (Å²) < 4.78 is 0. The number of aliphatic hydroxyl groups is 3. The van der Waals surface area contributed by atoms with E-state index in [-0.39, 0.29) is 12.2 Å². The van der Waals surface area contributed by atoms with Crippen LogP contribution in [0.2, 0.25) is 0 Å². The Hall–Kier alpha value is -0.240. The van der Waals surface area contributed by atoms with Crippen molar-refractivity contribution in [3.05, 3.63) is 0 Å². The number of nitrogens with one attached hydrogen (secondary N) is 1. The lowest BCUT2D eigenvalue weighted by Crippen LogP contribution is -2.39. The van der Waals surface area contributed by atoms with Crippen molar-refractivity contribution in [1.82, 2.24) is 15.1 Å². The molecule has 0 radical (unpaired) electrons. The van der Waals surface area contributed by atoms with E-state index in [2.05, 4.69) is 56.7 Å². The van der Waals surface area contributed by atoms with Gasteiger partial charge in [-0.05, 0) is 66.7 Å². The zero-order valence-electron chi connectivity index (χ0n) is 20.1. The topological polar surface area (TPSA) is 79.2 Å². The third-order valence-electron chi connectivity index (χ3n) is 6.16. The van der Waals surface area contributed by atoms with Crippen LogP contribution >= 0.6 is 0 Å². The molecule has 3 rings (SSSR count). The number of aliphatic hydroxyl groups excluding tert-OH is 2. The lowest BCUT2D eigenvalue weighted by molar-refractivity contribution is 0.0646. The van der Waals surface area contributed by atoms with Crippen LogP contribution in [0.4, 0.5) is 0 Å². The zero-order valence-corrected chi connectivity index (χ0v) is 20.1. The summed E-state index contributed by atoms with van der Waals surface area (Å²) in [6, 6.07) is 2.04. The minimum atomic E-state index is -0.426. The summed E-state index contributed by atoms with van der Waals surface area (Å²) in [5.74, 6) is 0. The first-order valence-electron chi connectivity index (χ1n) is 11.7. The van der Waals surface area contributed by atoms with Crippen LogP contribution in [0, 0.1) is 0 Å². The molecular weight excluding hydrogens is 366 g/mol. The molecule has 0 unspecified atom stereocenters. The minimum Gasteiger partial charge on any atom is -0.392 e. The fourth-order valence-corrected chi connectivity index (χ4v) is 4.22. The molecule has 6 heteroatoms. The SMILES string of the molecule is CC(C)N1CC[C@@H](O)C1.CC(C)N1CC[C@@](C)(O)C1.CC(C)N[C@@H]1CCC[C@@H]1O. The standard InChI is InChI=1S/2C8H17NO.C7H15NO/c1-7(2)9-5-4-8(3,10)6-9;1-6(2)9-7-4-3-5-8(7)10;1-6(2)8-4-3-7(9)5-8/h7,10H,4-6H2,1-3H3;6-10H,3-5H2,1-2H3;6-7,9H,3-5H2,1-2H3/t8-;7-,8+;7-/m111/s1. The van der Waals surface area contributed by atoms with Gasteiger partial charge in [0.15, 0.2) is 0 Å². The van der Waals surface area contributed by atoms with Crippen molar-refractivity contribution in [3.63, 3.8) is 0 Å². The van der Waals surface area contributed by atoms with Gasteiger partial charge in [0, 0.05) is 50.3 Å². The van der Waals surface area contributed by atoms with Crippen LogP contribution in [0.3, 0.4) is 0 Å². The molecule has 6 nitrogen and oxygen atoms in total. The van der Waals surface area contributed by atoms with Gasteiger partial charge in [0.2, 0.25) is 0 Å². The molecule has 4 atom stereocenters. The molecule has 3 fully saturated rings. The van der Waals surface area contributed by atoms with Crippen molar-refractivity contribution in [2.45, 2.75) is 123 Å². The number of likely N-dealkylation sites (tertiary alicyclic amines) is 2. The van der Waals surface area contributed by atoms with E-state index in [9.17, 15) is 10.2 Å². The van der Waals surface area contributed by atoms with Crippen LogP contribution in [0.25, 0.3) is 0 Å². The quantitative estimate of drug-likeness (QED) is 0.564. The second kappa shape index (κ2) is 12.6. The van der Waals surface area contributed by atoms with E-state index in [4.69, 9.17) is 5.11 Å². The van der Waals surface area contributed by atoms with Gasteiger partial charge in [0.25, 0.3) is 0 Å². The maximum absolute atomic E-state index is 9.57. The van der Waals surface area contributed by atoms with Crippen LogP contribution in [-0.4, -0.2) is 93.3 Å². The van der Waals surface area contributed by atoms with Crippen molar-refractivity contribution in [3.8, 4) is 0 Å². The number of β-amino-alcohol motifs (C(OH)–C–C–N with tert-alkyl or cyclic N) is 2. The molecule has 2 aliphatic heterocycles. The first-order chi connectivity index (χ1) is 13.4. The molecular formula is C23H49N3O3. The zero-order chi connectivity index (χ0) is 22.2. The van der Waals surface area contributed by atoms with E-state index in [1.807, 2.05) is 6.92 Å². The highest BCUT2D eigenvalue weighted by Gasteiger charge is 2.32. The van der Waals surface area contributed by atoms with E-state index in [0.29, 0.717) is 24.2 Å². The van der Waals surface area contributed by atoms with Crippen LogP contribution in [0.5, 0.6) is 0 Å². The Morgan fingerprint density at radius 1 is 0.897 bits per heavy atom. The molecule has 0 bridgehead atoms. The Bertz CT molecular complexity index is 443. The molecule has 174 valence electrons. The highest BCUT2D eigenvalue weighted by Crippen LogP contribution is 2.21. The van der Waals surface area contributed by atoms with Gasteiger partial charge in [-0.15, -0.1) is 0 Å². The van der Waals surface area contributed by atoms with Crippen molar-refractivity contribution in [2.24, 2.45) is 0 Å². The predicted molar refractivity (Wildman–Crippen MR) is 121 cm³/mol. The number of rotatable bonds is 4. The molecule has 1 aliphatic carbocycles. The third-order valence-corrected chi connectivity index (χ3v) is 6.16. The molecule has 0 aromatic heterocycles. The van der Waals surface area contributed by atoms with Crippen LogP contribution in [0.15, 0.2) is 0 Å². The van der Waals surface area contributed by atoms with Gasteiger partial charge < -0.3 is 20.6 Å². The highest BCUT2D eigenvalue weighted by molar-refractivity contribution is 4.87. The van der Waals surface area contributed by atoms with Gasteiger partial charge in [-0.25, -0.2) is 0 Å². The maximum Gasteiger partial charge on any atom is 0.0758 e. The molecule has 29 heavy (non-hydrogen) atoms. The summed E-state index contributed by atoms with van der Waals surface area (Å²) in [7, 11) is 0. The fraction of sp³-hybridized carbons (Fsp3) is 1.00. The summed E-state index contributed by atoms with van der Waals surface area (Å²) in [5, 5.41) is 31.4. The van der Waals surface area contributed by atoms with Gasteiger partial charge in [0.1, 0.15) is 0 Å². The van der Waals surface area contributed by atoms with Gasteiger partial charge in [-0.3, -0.25) is 9.80 Å². The van der Waals surface area contributed by atoms with Crippen molar-refractivity contribution in [1.29, 1.82) is 0 Å². The molecule has 0 aromatic carbocycles. The average molecular weight is 416 g/mol. The smallest absolute Gasteiger partial charge is 0.0758 e. The molecule has 2 saturated heterocycles. The van der Waals surface area contributed by atoms with E-state index >= 15 is 0 Å². The Morgan fingerprint density at radius 2 is 1.52 bits per heavy atom. The monoisotopic (exact) mass is 415 g/mol. The lowest BCUT2D eigenvalue weighted by atomic mass is 10.1. The molecule has 2 heterocycles. The number of hydrogen-bond acceptors (Lipinski definition) is 6. The molecule has 4 N–H and O–H groups in total. The predicted octanol–water partition coefficient (Wildman–Crippen LogP) is 2.21. The number of hydrogen-bond donors (Lipinski definition) is 4. The van der Waals surface area contributed by atoms with Gasteiger partial charge in [-0.2, -0.15) is 0 Å². The summed E-state index contributed by atoms with van der Waals surface area (Å²) in [5.41, 5.74) is -0.426. The Morgan fingerprint density at radius 3 is 1.79 bits per heavy atom.